The number of carboxylic acid groups (broad SMARTS) is 1. The van der Waals surface area contributed by atoms with E-state index in [0.29, 0.717) is 22.3 Å². The molecule has 0 saturated carbocycles. The van der Waals surface area contributed by atoms with Crippen molar-refractivity contribution in [3.8, 4) is 0 Å². The zero-order chi connectivity index (χ0) is 41.9. The Kier molecular flexibility index (Phi) is 13.8. The van der Waals surface area contributed by atoms with E-state index in [-0.39, 0.29) is 25.9 Å². The fraction of sp³-hybridized carbons (Fsp3) is 0.292. The predicted molar refractivity (Wildman–Crippen MR) is 221 cm³/mol. The second kappa shape index (κ2) is 19.3. The number of esters is 1. The van der Waals surface area contributed by atoms with Crippen molar-refractivity contribution in [2.75, 3.05) is 0 Å². The summed E-state index contributed by atoms with van der Waals surface area (Å²) in [6, 6.07) is 40.3. The van der Waals surface area contributed by atoms with Crippen molar-refractivity contribution in [1.29, 1.82) is 0 Å². The lowest BCUT2D eigenvalue weighted by atomic mass is 9.89. The van der Waals surface area contributed by atoms with E-state index in [2.05, 4.69) is 0 Å². The van der Waals surface area contributed by atoms with Crippen LogP contribution in [0, 0.1) is 0 Å². The van der Waals surface area contributed by atoms with Crippen LogP contribution in [0.2, 0.25) is 0 Å². The van der Waals surface area contributed by atoms with Gasteiger partial charge in [-0.3, -0.25) is 9.80 Å². The Morgan fingerprint density at radius 3 is 1.80 bits per heavy atom. The summed E-state index contributed by atoms with van der Waals surface area (Å²) in [6.07, 6.45) is -4.08. The van der Waals surface area contributed by atoms with Gasteiger partial charge in [-0.25, -0.2) is 19.2 Å². The van der Waals surface area contributed by atoms with Crippen LogP contribution in [0.15, 0.2) is 152 Å². The number of hydrogen-bond acceptors (Lipinski definition) is 8. The minimum Gasteiger partial charge on any atom is -0.480 e. The number of aliphatic hydroxyl groups excluding tert-OH is 1. The lowest BCUT2D eigenvalue weighted by Crippen LogP contribution is -2.54. The zero-order valence-electron chi connectivity index (χ0n) is 33.4. The molecule has 1 aliphatic heterocycles. The Morgan fingerprint density at radius 2 is 1.25 bits per heavy atom. The summed E-state index contributed by atoms with van der Waals surface area (Å²) in [5.74, 6) is -2.02. The maximum absolute atomic E-state index is 14.4. The zero-order valence-corrected chi connectivity index (χ0v) is 33.4. The Morgan fingerprint density at radius 1 is 0.746 bits per heavy atom. The molecule has 6 atom stereocenters. The number of amides is 2. The topological polar surface area (TPSA) is 143 Å². The number of morpholine rings is 1. The van der Waals surface area contributed by atoms with E-state index in [1.807, 2.05) is 91.0 Å². The molecule has 1 fully saturated rings. The Balaban J connectivity index is 1.36. The maximum atomic E-state index is 14.4. The molecule has 0 unspecified atom stereocenters. The third kappa shape index (κ3) is 10.5. The number of rotatable bonds is 14. The molecule has 0 aliphatic carbocycles. The average Bonchev–Trinajstić information content (AvgIpc) is 3.24. The van der Waals surface area contributed by atoms with Crippen LogP contribution in [-0.4, -0.2) is 61.8 Å². The highest BCUT2D eigenvalue weighted by Gasteiger charge is 2.49. The fourth-order valence-electron chi connectivity index (χ4n) is 7.50. The van der Waals surface area contributed by atoms with Crippen LogP contribution in [0.5, 0.6) is 0 Å². The van der Waals surface area contributed by atoms with Gasteiger partial charge in [0.15, 0.2) is 6.10 Å². The van der Waals surface area contributed by atoms with Gasteiger partial charge in [-0.1, -0.05) is 152 Å². The standard InChI is InChI=1S/C48H50N2O9/c1-48(2,3)59-47(56)49(40(34-22-11-5-12-23-34)42(51)36-26-15-7-16-27-36)38(44(52)53)30-19-31-39-45(54)58-43(37-28-17-8-18-29-37)41(35-24-13-6-14-25-35)50(39)46(55)57-32-33-20-9-4-10-21-33/h4-18,20-29,38-43,51H,19,30-32H2,1-3H3,(H,52,53)/t38-,39+,40-,41+,42+,43-/m0/s1. The van der Waals surface area contributed by atoms with Gasteiger partial charge in [-0.2, -0.15) is 0 Å². The second-order valence-electron chi connectivity index (χ2n) is 15.5. The normalized spacial score (nSPS) is 18.1. The minimum absolute atomic E-state index is 0.0344. The molecule has 11 heteroatoms. The molecule has 2 amide bonds. The first-order valence-electron chi connectivity index (χ1n) is 19.7. The average molecular weight is 799 g/mol. The van der Waals surface area contributed by atoms with E-state index >= 15 is 0 Å². The van der Waals surface area contributed by atoms with E-state index in [4.69, 9.17) is 14.2 Å². The largest absolute Gasteiger partial charge is 0.480 e. The SMILES string of the molecule is CC(C)(C)OC(=O)N([C@@H](CCC[C@@H]1C(=O)O[C@@H](c2ccccc2)[C@@H](c2ccccc2)N1C(=O)OCc1ccccc1)C(=O)O)[C@@H](c1ccccc1)[C@H](O)c1ccccc1. The Labute approximate surface area is 344 Å². The number of aliphatic carboxylic acids is 1. The van der Waals surface area contributed by atoms with E-state index in [0.717, 1.165) is 10.5 Å². The molecule has 1 heterocycles. The van der Waals surface area contributed by atoms with Crippen molar-refractivity contribution in [3.63, 3.8) is 0 Å². The van der Waals surface area contributed by atoms with Gasteiger partial charge in [0.05, 0.1) is 6.04 Å². The summed E-state index contributed by atoms with van der Waals surface area (Å²) in [5, 5.41) is 22.9. The number of benzene rings is 5. The van der Waals surface area contributed by atoms with Gasteiger partial charge in [-0.05, 0) is 67.9 Å². The number of carboxylic acids is 1. The number of aliphatic hydroxyl groups is 1. The molecule has 5 aromatic carbocycles. The number of carbonyl (C=O) groups excluding carboxylic acids is 3. The van der Waals surface area contributed by atoms with Crippen LogP contribution in [0.4, 0.5) is 9.59 Å². The van der Waals surface area contributed by atoms with E-state index in [9.17, 15) is 29.4 Å². The van der Waals surface area contributed by atoms with Crippen molar-refractivity contribution >= 4 is 24.1 Å². The van der Waals surface area contributed by atoms with Gasteiger partial charge >= 0.3 is 24.1 Å². The van der Waals surface area contributed by atoms with Crippen molar-refractivity contribution in [2.45, 2.75) is 88.6 Å². The summed E-state index contributed by atoms with van der Waals surface area (Å²) in [4.78, 5) is 58.7. The molecule has 2 N–H and O–H groups in total. The number of hydrogen-bond donors (Lipinski definition) is 2. The first kappa shape index (κ1) is 42.2. The van der Waals surface area contributed by atoms with Crippen molar-refractivity contribution in [3.05, 3.63) is 179 Å². The van der Waals surface area contributed by atoms with Crippen LogP contribution in [0.3, 0.4) is 0 Å². The lowest BCUT2D eigenvalue weighted by Gasteiger charge is -2.45. The van der Waals surface area contributed by atoms with Crippen LogP contribution in [0.25, 0.3) is 0 Å². The number of cyclic esters (lactones) is 1. The number of ether oxygens (including phenoxy) is 3. The van der Waals surface area contributed by atoms with E-state index in [1.165, 1.54) is 4.90 Å². The quantitative estimate of drug-likeness (QED) is 0.0830. The van der Waals surface area contributed by atoms with Crippen LogP contribution in [-0.2, 0) is 30.4 Å². The smallest absolute Gasteiger partial charge is 0.411 e. The molecule has 0 spiro atoms. The molecular weight excluding hydrogens is 749 g/mol. The molecule has 306 valence electrons. The summed E-state index contributed by atoms with van der Waals surface area (Å²) >= 11 is 0. The number of nitrogens with zero attached hydrogens (tertiary/aromatic N) is 2. The van der Waals surface area contributed by atoms with E-state index in [1.54, 1.807) is 81.4 Å². The molecule has 6 rings (SSSR count). The summed E-state index contributed by atoms with van der Waals surface area (Å²) < 4.78 is 17.9. The predicted octanol–water partition coefficient (Wildman–Crippen LogP) is 9.37. The van der Waals surface area contributed by atoms with Crippen LogP contribution in [0.1, 0.15) is 92.1 Å². The van der Waals surface area contributed by atoms with E-state index < -0.39 is 66.1 Å². The first-order valence-corrected chi connectivity index (χ1v) is 19.7. The number of carbonyl (C=O) groups is 4. The molecule has 0 bridgehead atoms. The highest BCUT2D eigenvalue weighted by molar-refractivity contribution is 5.84. The highest BCUT2D eigenvalue weighted by atomic mass is 16.6. The minimum atomic E-state index is -1.53. The molecule has 0 aromatic heterocycles. The third-order valence-corrected chi connectivity index (χ3v) is 10.2. The van der Waals surface area contributed by atoms with Gasteiger partial charge < -0.3 is 24.4 Å². The van der Waals surface area contributed by atoms with Gasteiger partial charge in [-0.15, -0.1) is 0 Å². The monoisotopic (exact) mass is 798 g/mol. The van der Waals surface area contributed by atoms with Gasteiger partial charge in [0.1, 0.15) is 36.4 Å². The fourth-order valence-corrected chi connectivity index (χ4v) is 7.50. The second-order valence-corrected chi connectivity index (χ2v) is 15.5. The van der Waals surface area contributed by atoms with Crippen LogP contribution < -0.4 is 0 Å². The van der Waals surface area contributed by atoms with Gasteiger partial charge in [0.25, 0.3) is 0 Å². The summed E-state index contributed by atoms with van der Waals surface area (Å²) in [7, 11) is 0. The molecule has 5 aromatic rings. The summed E-state index contributed by atoms with van der Waals surface area (Å²) in [5.41, 5.74) is 2.08. The molecule has 1 aliphatic rings. The molecular formula is C48H50N2O9. The highest BCUT2D eigenvalue weighted by Crippen LogP contribution is 2.44. The Hall–Kier alpha value is -6.46. The molecule has 59 heavy (non-hydrogen) atoms. The molecule has 11 nitrogen and oxygen atoms in total. The van der Waals surface area contributed by atoms with Crippen molar-refractivity contribution < 1.29 is 43.6 Å². The Bertz CT molecular complexity index is 2130. The third-order valence-electron chi connectivity index (χ3n) is 10.2. The lowest BCUT2D eigenvalue weighted by molar-refractivity contribution is -0.173. The van der Waals surface area contributed by atoms with Gasteiger partial charge in [0, 0.05) is 0 Å². The molecule has 1 saturated heterocycles. The molecule has 0 radical (unpaired) electrons. The van der Waals surface area contributed by atoms with Crippen molar-refractivity contribution in [2.24, 2.45) is 0 Å². The van der Waals surface area contributed by atoms with Crippen molar-refractivity contribution in [1.82, 2.24) is 9.80 Å². The summed E-state index contributed by atoms with van der Waals surface area (Å²) in [6.45, 7) is 4.98. The van der Waals surface area contributed by atoms with Crippen LogP contribution >= 0.6 is 0 Å². The van der Waals surface area contributed by atoms with Gasteiger partial charge in [0.2, 0.25) is 0 Å². The maximum Gasteiger partial charge on any atom is 0.411 e. The first-order chi connectivity index (χ1) is 28.4.